The van der Waals surface area contributed by atoms with Gasteiger partial charge in [-0.15, -0.1) is 26.3 Å². The fourth-order valence-electron chi connectivity index (χ4n) is 8.19. The number of ketones is 3. The topological polar surface area (TPSA) is 117 Å². The van der Waals surface area contributed by atoms with Gasteiger partial charge in [0.1, 0.15) is 11.5 Å². The van der Waals surface area contributed by atoms with Gasteiger partial charge in [0.2, 0.25) is 0 Å². The standard InChI is InChI=1S/C9H6F6.3C9H10O.2C8H7F3O.2C8H7F3.2C8H7N/c1-5-2-6(8(10,11)12)4-7(3-5)9(13,14)15;1-7-3-5-9(6-4-7)8(2)10;1-7-4-3-5-9(6-7)8(2)10;1-7-5-3-4-6-9(7)8(2)10;1-6-2-4-7(5-3-6)12-8(9,10)11;1-6-3-2-4-7(5-6)12-8(9,10)11;1-6-2-4-7(5-3-6)8(9,10)11;1-6-3-2-4-7(5-6)8(9,10)11;1-7-2-4-8(6-9)5-3-7;1-7-3-2-4-8(5-7)6-9/h2-4H,1H3;3*3-6H,1-2H3;2*2-5H,1H3;2*2-5H,1H3;2*2-5H,1H3. The van der Waals surface area contributed by atoms with Crippen LogP contribution in [0.5, 0.6) is 11.5 Å². The first kappa shape index (κ1) is 95.5. The fourth-order valence-corrected chi connectivity index (χ4v) is 8.19. The summed E-state index contributed by atoms with van der Waals surface area (Å²) >= 11 is 0. The van der Waals surface area contributed by atoms with Gasteiger partial charge in [-0.1, -0.05) is 179 Å². The molecule has 0 spiro atoms. The molecule has 0 aliphatic heterocycles. The van der Waals surface area contributed by atoms with E-state index in [1.54, 1.807) is 78.8 Å². The molecule has 10 rings (SSSR count). The number of nitriles is 2. The highest BCUT2D eigenvalue weighted by molar-refractivity contribution is 5.95. The summed E-state index contributed by atoms with van der Waals surface area (Å²) in [5.74, 6) is 0.0254. The molecule has 10 aromatic rings. The minimum atomic E-state index is -4.76. The number of alkyl halides is 18. The van der Waals surface area contributed by atoms with Gasteiger partial charge in [-0.05, 0) is 203 Å². The Labute approximate surface area is 621 Å². The Bertz CT molecular complexity index is 4480. The van der Waals surface area contributed by atoms with Crippen LogP contribution in [0, 0.1) is 91.9 Å². The van der Waals surface area contributed by atoms with Crippen LogP contribution in [0.15, 0.2) is 237 Å². The van der Waals surface area contributed by atoms with E-state index in [2.05, 4.69) is 21.6 Å². The van der Waals surface area contributed by atoms with Gasteiger partial charge in [0.25, 0.3) is 0 Å². The summed E-state index contributed by atoms with van der Waals surface area (Å²) in [4.78, 5) is 32.4. The Morgan fingerprint density at radius 1 is 0.275 bits per heavy atom. The Kier molecular flexibility index (Phi) is 39.7. The molecule has 109 heavy (non-hydrogen) atoms. The first-order chi connectivity index (χ1) is 50.3. The number of nitrogens with zero attached hydrogens (tertiary/aromatic N) is 2. The van der Waals surface area contributed by atoms with E-state index < -0.39 is 59.7 Å². The highest BCUT2D eigenvalue weighted by atomic mass is 19.4. The molecular formula is C84H78F18N2O5. The summed E-state index contributed by atoms with van der Waals surface area (Å²) in [6.07, 6.45) is -27.2. The molecule has 0 atom stereocenters. The molecule has 0 aliphatic carbocycles. The Morgan fingerprint density at radius 3 is 0.972 bits per heavy atom. The van der Waals surface area contributed by atoms with Crippen LogP contribution in [0.3, 0.4) is 0 Å². The molecule has 0 aliphatic rings. The van der Waals surface area contributed by atoms with Crippen molar-refractivity contribution in [1.29, 1.82) is 10.5 Å². The largest absolute Gasteiger partial charge is 0.573 e. The number of halogens is 18. The second kappa shape index (κ2) is 45.2. The normalized spacial score (nSPS) is 10.6. The molecule has 0 aromatic heterocycles. The summed E-state index contributed by atoms with van der Waals surface area (Å²) in [5, 5.41) is 16.8. The van der Waals surface area contributed by atoms with Crippen molar-refractivity contribution in [2.75, 3.05) is 0 Å². The molecule has 0 radical (unpaired) electrons. The molecule has 0 saturated carbocycles. The van der Waals surface area contributed by atoms with Gasteiger partial charge in [0.05, 0.1) is 45.5 Å². The number of ether oxygens (including phenoxy) is 2. The summed E-state index contributed by atoms with van der Waals surface area (Å²) in [6, 6.07) is 65.1. The molecule has 10 aromatic carbocycles. The van der Waals surface area contributed by atoms with Crippen LogP contribution < -0.4 is 9.47 Å². The minimum Gasteiger partial charge on any atom is -0.406 e. The van der Waals surface area contributed by atoms with Gasteiger partial charge in [-0.3, -0.25) is 14.4 Å². The molecule has 0 heterocycles. The number of hydrogen-bond acceptors (Lipinski definition) is 7. The van der Waals surface area contributed by atoms with Crippen LogP contribution in [0.25, 0.3) is 0 Å². The van der Waals surface area contributed by atoms with E-state index in [4.69, 9.17) is 10.5 Å². The van der Waals surface area contributed by atoms with Crippen LogP contribution in [-0.4, -0.2) is 30.1 Å². The Balaban J connectivity index is 0.000000607. The van der Waals surface area contributed by atoms with Crippen LogP contribution >= 0.6 is 0 Å². The van der Waals surface area contributed by atoms with Crippen molar-refractivity contribution in [3.63, 3.8) is 0 Å². The smallest absolute Gasteiger partial charge is 0.406 e. The molecule has 0 amide bonds. The van der Waals surface area contributed by atoms with Crippen LogP contribution in [0.1, 0.15) is 141 Å². The first-order valence-corrected chi connectivity index (χ1v) is 32.2. The zero-order valence-electron chi connectivity index (χ0n) is 61.3. The predicted octanol–water partition coefficient (Wildman–Crippen LogP) is 26.2. The van der Waals surface area contributed by atoms with E-state index in [1.165, 1.54) is 66.6 Å². The Morgan fingerprint density at radius 2 is 0.633 bits per heavy atom. The predicted molar refractivity (Wildman–Crippen MR) is 385 cm³/mol. The monoisotopic (exact) mass is 1540 g/mol. The number of aryl methyl sites for hydroxylation is 10. The number of Topliss-reactive ketones (excluding diaryl/α,β-unsaturated/α-hetero) is 3. The zero-order valence-corrected chi connectivity index (χ0v) is 61.3. The average molecular weight is 1540 g/mol. The quantitative estimate of drug-likeness (QED) is 0.124. The summed E-state index contributed by atoms with van der Waals surface area (Å²) in [6.45, 7) is 22.7. The second-order valence-electron chi connectivity index (χ2n) is 23.7. The van der Waals surface area contributed by atoms with Gasteiger partial charge >= 0.3 is 37.4 Å². The molecule has 7 nitrogen and oxygen atoms in total. The number of benzene rings is 10. The molecule has 0 N–H and O–H groups in total. The van der Waals surface area contributed by atoms with Crippen molar-refractivity contribution >= 4 is 17.3 Å². The summed E-state index contributed by atoms with van der Waals surface area (Å²) < 4.78 is 222. The van der Waals surface area contributed by atoms with Gasteiger partial charge in [-0.25, -0.2) is 0 Å². The van der Waals surface area contributed by atoms with Gasteiger partial charge in [-0.2, -0.15) is 63.2 Å². The van der Waals surface area contributed by atoms with Gasteiger partial charge in [0, 0.05) is 16.7 Å². The summed E-state index contributed by atoms with van der Waals surface area (Å²) in [7, 11) is 0. The minimum absolute atomic E-state index is 0.0721. The second-order valence-corrected chi connectivity index (χ2v) is 23.7. The van der Waals surface area contributed by atoms with Crippen LogP contribution in [-0.2, 0) is 24.7 Å². The molecule has 0 saturated heterocycles. The Hall–Kier alpha value is -11.5. The van der Waals surface area contributed by atoms with Crippen molar-refractivity contribution in [2.24, 2.45) is 0 Å². The third-order valence-electron chi connectivity index (χ3n) is 13.7. The first-order valence-electron chi connectivity index (χ1n) is 32.2. The highest BCUT2D eigenvalue weighted by Gasteiger charge is 2.37. The number of rotatable bonds is 5. The van der Waals surface area contributed by atoms with E-state index in [9.17, 15) is 93.4 Å². The number of hydrogen-bond donors (Lipinski definition) is 0. The van der Waals surface area contributed by atoms with Crippen molar-refractivity contribution in [3.05, 3.63) is 342 Å². The van der Waals surface area contributed by atoms with Crippen LogP contribution in [0.2, 0.25) is 0 Å². The maximum absolute atomic E-state index is 12.2. The van der Waals surface area contributed by atoms with Crippen molar-refractivity contribution in [2.45, 2.75) is 127 Å². The third-order valence-corrected chi connectivity index (χ3v) is 13.7. The highest BCUT2D eigenvalue weighted by Crippen LogP contribution is 2.37. The molecule has 0 unspecified atom stereocenters. The zero-order chi connectivity index (χ0) is 83.3. The molecule has 0 bridgehead atoms. The van der Waals surface area contributed by atoms with Crippen LogP contribution in [0.4, 0.5) is 79.0 Å². The number of carbonyl (C=O) groups excluding carboxylic acids is 3. The van der Waals surface area contributed by atoms with E-state index in [0.717, 1.165) is 85.5 Å². The van der Waals surface area contributed by atoms with E-state index in [1.807, 2.05) is 150 Å². The molecule has 580 valence electrons. The van der Waals surface area contributed by atoms with E-state index in [-0.39, 0.29) is 40.5 Å². The lowest BCUT2D eigenvalue weighted by Crippen LogP contribution is -2.17. The number of carbonyl (C=O) groups is 3. The van der Waals surface area contributed by atoms with Crippen molar-refractivity contribution in [3.8, 4) is 23.6 Å². The van der Waals surface area contributed by atoms with Crippen molar-refractivity contribution < 1.29 is 103 Å². The molecular weight excluding hydrogens is 1460 g/mol. The average Bonchev–Trinajstić information content (AvgIpc) is 0.812. The fraction of sp³-hybridized carbons (Fsp3) is 0.226. The van der Waals surface area contributed by atoms with Gasteiger partial charge in [0.15, 0.2) is 17.3 Å². The third kappa shape index (κ3) is 43.1. The van der Waals surface area contributed by atoms with Crippen molar-refractivity contribution in [1.82, 2.24) is 0 Å². The lowest BCUT2D eigenvalue weighted by atomic mass is 10.1. The maximum atomic E-state index is 12.2. The summed E-state index contributed by atoms with van der Waals surface area (Å²) in [5.41, 5.74) is 8.81. The maximum Gasteiger partial charge on any atom is 0.573 e. The lowest BCUT2D eigenvalue weighted by molar-refractivity contribution is -0.275. The molecule has 0 fully saturated rings. The molecule has 25 heteroatoms. The van der Waals surface area contributed by atoms with Gasteiger partial charge < -0.3 is 9.47 Å². The van der Waals surface area contributed by atoms with E-state index >= 15 is 0 Å². The SMILES string of the molecule is CC(=O)c1ccc(C)cc1.CC(=O)c1cccc(C)c1.CC(=O)c1ccccc1C.Cc1cc(C(F)(F)F)cc(C(F)(F)F)c1.Cc1ccc(C#N)cc1.Cc1ccc(C(F)(F)F)cc1.Cc1ccc(OC(F)(F)F)cc1.Cc1cccc(C#N)c1.Cc1cccc(C(F)(F)F)c1.Cc1cccc(OC(F)(F)F)c1. The van der Waals surface area contributed by atoms with E-state index in [0.29, 0.717) is 17.7 Å². The lowest BCUT2D eigenvalue weighted by Gasteiger charge is -2.12.